The molecule has 1 N–H and O–H groups in total. The molecule has 140 valence electrons. The Morgan fingerprint density at radius 3 is 2.63 bits per heavy atom. The Morgan fingerprint density at radius 2 is 1.93 bits per heavy atom. The average Bonchev–Trinajstić information content (AvgIpc) is 2.66. The maximum Gasteiger partial charge on any atom is 0.270 e. The highest BCUT2D eigenvalue weighted by atomic mass is 35.5. The largest absolute Gasteiger partial charge is 0.396 e. The summed E-state index contributed by atoms with van der Waals surface area (Å²) in [6.45, 7) is 1.92. The van der Waals surface area contributed by atoms with Gasteiger partial charge in [0.25, 0.3) is 5.56 Å². The zero-order valence-electron chi connectivity index (χ0n) is 15.0. The number of aromatic nitrogens is 2. The first-order valence-electron chi connectivity index (χ1n) is 8.71. The second kappa shape index (κ2) is 8.46. The number of aryl methyl sites for hydroxylation is 2. The van der Waals surface area contributed by atoms with Crippen molar-refractivity contribution in [2.24, 2.45) is 0 Å². The monoisotopic (exact) mass is 386 g/mol. The van der Waals surface area contributed by atoms with Crippen LogP contribution in [0.15, 0.2) is 53.3 Å². The highest BCUT2D eigenvalue weighted by Crippen LogP contribution is 2.21. The van der Waals surface area contributed by atoms with Crippen molar-refractivity contribution in [3.05, 3.63) is 86.4 Å². The lowest BCUT2D eigenvalue weighted by atomic mass is 10.1. The van der Waals surface area contributed by atoms with Gasteiger partial charge in [0, 0.05) is 22.8 Å². The lowest BCUT2D eigenvalue weighted by molar-refractivity contribution is 0.288. The van der Waals surface area contributed by atoms with Gasteiger partial charge in [-0.1, -0.05) is 29.8 Å². The first-order chi connectivity index (χ1) is 13.0. The minimum absolute atomic E-state index is 0.00271. The van der Waals surface area contributed by atoms with Crippen molar-refractivity contribution < 1.29 is 9.50 Å². The van der Waals surface area contributed by atoms with Crippen LogP contribution >= 0.6 is 11.6 Å². The number of aliphatic hydroxyl groups excluding tert-OH is 1. The molecule has 0 atom stereocenters. The summed E-state index contributed by atoms with van der Waals surface area (Å²) in [7, 11) is 0. The van der Waals surface area contributed by atoms with Gasteiger partial charge in [0.1, 0.15) is 5.82 Å². The first-order valence-corrected chi connectivity index (χ1v) is 9.09. The molecule has 0 aliphatic heterocycles. The number of aliphatic hydroxyl groups is 1. The van der Waals surface area contributed by atoms with Gasteiger partial charge in [0.05, 0.1) is 12.2 Å². The van der Waals surface area contributed by atoms with Gasteiger partial charge in [-0.15, -0.1) is 0 Å². The summed E-state index contributed by atoms with van der Waals surface area (Å²) < 4.78 is 15.0. The van der Waals surface area contributed by atoms with E-state index in [1.54, 1.807) is 31.2 Å². The highest BCUT2D eigenvalue weighted by molar-refractivity contribution is 6.31. The Balaban J connectivity index is 2.09. The first kappa shape index (κ1) is 19.3. The van der Waals surface area contributed by atoms with E-state index in [1.165, 1.54) is 10.7 Å². The van der Waals surface area contributed by atoms with Gasteiger partial charge in [-0.3, -0.25) is 4.79 Å². The van der Waals surface area contributed by atoms with Crippen molar-refractivity contribution in [2.75, 3.05) is 6.61 Å². The van der Waals surface area contributed by atoms with Crippen molar-refractivity contribution in [1.82, 2.24) is 9.78 Å². The molecule has 6 heteroatoms. The van der Waals surface area contributed by atoms with Crippen LogP contribution in [0.5, 0.6) is 0 Å². The fourth-order valence-corrected chi connectivity index (χ4v) is 3.08. The number of nitrogens with zero attached hydrogens (tertiary/aromatic N) is 2. The van der Waals surface area contributed by atoms with E-state index in [9.17, 15) is 9.18 Å². The van der Waals surface area contributed by atoms with Gasteiger partial charge < -0.3 is 5.11 Å². The van der Waals surface area contributed by atoms with Gasteiger partial charge >= 0.3 is 0 Å². The molecule has 3 aromatic rings. The molecular weight excluding hydrogens is 367 g/mol. The van der Waals surface area contributed by atoms with E-state index in [1.807, 2.05) is 18.2 Å². The molecular formula is C21H20ClFN2O2. The Morgan fingerprint density at radius 1 is 1.15 bits per heavy atom. The number of halogens is 2. The SMILES string of the molecule is Cc1cc(-c2cc(CCCO)c(=O)n(Cc3ccccc3Cl)n2)ccc1F. The van der Waals surface area contributed by atoms with Crippen LogP contribution in [0.2, 0.25) is 5.02 Å². The summed E-state index contributed by atoms with van der Waals surface area (Å²) in [5, 5.41) is 14.2. The normalized spacial score (nSPS) is 11.0. The molecule has 27 heavy (non-hydrogen) atoms. The van der Waals surface area contributed by atoms with Crippen molar-refractivity contribution >= 4 is 11.6 Å². The van der Waals surface area contributed by atoms with E-state index in [4.69, 9.17) is 16.7 Å². The van der Waals surface area contributed by atoms with Crippen LogP contribution in [-0.2, 0) is 13.0 Å². The molecule has 4 nitrogen and oxygen atoms in total. The number of rotatable bonds is 6. The summed E-state index contributed by atoms with van der Waals surface area (Å²) in [4.78, 5) is 12.8. The van der Waals surface area contributed by atoms with Crippen LogP contribution in [0.25, 0.3) is 11.3 Å². The standard InChI is InChI=1S/C21H20ClFN2O2/c1-14-11-15(8-9-19(14)23)20-12-16(6-4-10-26)21(27)25(24-20)13-17-5-2-3-7-18(17)22/h2-3,5,7-9,11-12,26H,4,6,10,13H2,1H3. The topological polar surface area (TPSA) is 55.1 Å². The van der Waals surface area contributed by atoms with Gasteiger partial charge in [-0.05, 0) is 61.2 Å². The van der Waals surface area contributed by atoms with E-state index in [0.29, 0.717) is 34.7 Å². The van der Waals surface area contributed by atoms with Gasteiger partial charge in [0.15, 0.2) is 0 Å². The summed E-state index contributed by atoms with van der Waals surface area (Å²) in [6.07, 6.45) is 0.917. The van der Waals surface area contributed by atoms with Crippen molar-refractivity contribution in [2.45, 2.75) is 26.3 Å². The zero-order valence-corrected chi connectivity index (χ0v) is 15.7. The van der Waals surface area contributed by atoms with Crippen LogP contribution in [0.4, 0.5) is 4.39 Å². The lowest BCUT2D eigenvalue weighted by Crippen LogP contribution is -2.27. The molecule has 0 unspecified atom stereocenters. The minimum Gasteiger partial charge on any atom is -0.396 e. The second-order valence-corrected chi connectivity index (χ2v) is 6.81. The summed E-state index contributed by atoms with van der Waals surface area (Å²) in [6, 6.07) is 13.7. The zero-order chi connectivity index (χ0) is 19.4. The third kappa shape index (κ3) is 4.43. The molecule has 1 aromatic heterocycles. The third-order valence-electron chi connectivity index (χ3n) is 4.38. The lowest BCUT2D eigenvalue weighted by Gasteiger charge is -2.12. The van der Waals surface area contributed by atoms with Crippen LogP contribution in [0.1, 0.15) is 23.1 Å². The molecule has 0 radical (unpaired) electrons. The van der Waals surface area contributed by atoms with Crippen LogP contribution in [-0.4, -0.2) is 21.5 Å². The molecule has 0 fully saturated rings. The molecule has 0 saturated heterocycles. The Kier molecular flexibility index (Phi) is 6.04. The minimum atomic E-state index is -0.288. The fraction of sp³-hybridized carbons (Fsp3) is 0.238. The maximum absolute atomic E-state index is 13.6. The number of benzene rings is 2. The molecule has 2 aromatic carbocycles. The third-order valence-corrected chi connectivity index (χ3v) is 4.75. The smallest absolute Gasteiger partial charge is 0.270 e. The quantitative estimate of drug-likeness (QED) is 0.697. The number of hydrogen-bond donors (Lipinski definition) is 1. The maximum atomic E-state index is 13.6. The summed E-state index contributed by atoms with van der Waals surface area (Å²) >= 11 is 6.23. The van der Waals surface area contributed by atoms with Gasteiger partial charge in [-0.2, -0.15) is 5.10 Å². The van der Waals surface area contributed by atoms with E-state index in [2.05, 4.69) is 5.10 Å². The van der Waals surface area contributed by atoms with Crippen molar-refractivity contribution in [3.8, 4) is 11.3 Å². The number of hydrogen-bond acceptors (Lipinski definition) is 3. The van der Waals surface area contributed by atoms with E-state index in [0.717, 1.165) is 11.1 Å². The molecule has 0 amide bonds. The molecule has 3 rings (SSSR count). The summed E-state index contributed by atoms with van der Waals surface area (Å²) in [5.41, 5.74) is 2.95. The van der Waals surface area contributed by atoms with Crippen molar-refractivity contribution in [1.29, 1.82) is 0 Å². The molecule has 0 aliphatic rings. The Hall–Kier alpha value is -2.50. The predicted octanol–water partition coefficient (Wildman–Crippen LogP) is 3.98. The van der Waals surface area contributed by atoms with Crippen LogP contribution in [0.3, 0.4) is 0 Å². The molecule has 0 aliphatic carbocycles. The Bertz CT molecular complexity index is 1020. The molecule has 0 saturated carbocycles. The Labute approximate surface area is 161 Å². The molecule has 0 spiro atoms. The van der Waals surface area contributed by atoms with Gasteiger partial charge in [-0.25, -0.2) is 9.07 Å². The fourth-order valence-electron chi connectivity index (χ4n) is 2.89. The van der Waals surface area contributed by atoms with Gasteiger partial charge in [0.2, 0.25) is 0 Å². The molecule has 0 bridgehead atoms. The average molecular weight is 387 g/mol. The van der Waals surface area contributed by atoms with E-state index >= 15 is 0 Å². The summed E-state index contributed by atoms with van der Waals surface area (Å²) in [5.74, 6) is -0.288. The highest BCUT2D eigenvalue weighted by Gasteiger charge is 2.12. The van der Waals surface area contributed by atoms with E-state index in [-0.39, 0.29) is 24.5 Å². The van der Waals surface area contributed by atoms with E-state index < -0.39 is 0 Å². The predicted molar refractivity (Wildman–Crippen MR) is 105 cm³/mol. The van der Waals surface area contributed by atoms with Crippen molar-refractivity contribution in [3.63, 3.8) is 0 Å². The molecule has 1 heterocycles. The second-order valence-electron chi connectivity index (χ2n) is 6.40. The van der Waals surface area contributed by atoms with Crippen LogP contribution in [0, 0.1) is 12.7 Å². The van der Waals surface area contributed by atoms with Crippen LogP contribution < -0.4 is 5.56 Å².